The van der Waals surface area contributed by atoms with E-state index in [4.69, 9.17) is 4.74 Å². The zero-order valence-electron chi connectivity index (χ0n) is 16.2. The van der Waals surface area contributed by atoms with Crippen LogP contribution >= 0.6 is 0 Å². The van der Waals surface area contributed by atoms with Crippen molar-refractivity contribution in [1.29, 1.82) is 0 Å². The third-order valence-corrected chi connectivity index (χ3v) is 4.42. The molecule has 0 heterocycles. The van der Waals surface area contributed by atoms with Crippen molar-refractivity contribution in [1.82, 2.24) is 0 Å². The molecule has 138 valence electrons. The summed E-state index contributed by atoms with van der Waals surface area (Å²) in [6, 6.07) is 0. The Labute approximate surface area is 145 Å². The van der Waals surface area contributed by atoms with Crippen molar-refractivity contribution < 1.29 is 9.53 Å². The van der Waals surface area contributed by atoms with E-state index in [0.29, 0.717) is 13.0 Å². The van der Waals surface area contributed by atoms with Crippen molar-refractivity contribution in [3.05, 3.63) is 0 Å². The SMILES string of the molecule is CCCCCCC(=O)OCCCCCCCCCCCC(C)C. The summed E-state index contributed by atoms with van der Waals surface area (Å²) in [4.78, 5) is 11.5. The number of rotatable bonds is 17. The van der Waals surface area contributed by atoms with Crippen molar-refractivity contribution in [2.75, 3.05) is 6.61 Å². The molecule has 0 N–H and O–H groups in total. The Morgan fingerprint density at radius 3 is 1.83 bits per heavy atom. The molecule has 0 rings (SSSR count). The van der Waals surface area contributed by atoms with Gasteiger partial charge in [0.1, 0.15) is 0 Å². The van der Waals surface area contributed by atoms with E-state index in [1.54, 1.807) is 0 Å². The van der Waals surface area contributed by atoms with Gasteiger partial charge in [-0.3, -0.25) is 4.79 Å². The van der Waals surface area contributed by atoms with Gasteiger partial charge in [-0.1, -0.05) is 97.8 Å². The highest BCUT2D eigenvalue weighted by atomic mass is 16.5. The third-order valence-electron chi connectivity index (χ3n) is 4.42. The minimum atomic E-state index is 0.00232. The Bertz CT molecular complexity index is 248. The molecule has 0 aromatic carbocycles. The number of hydrogen-bond donors (Lipinski definition) is 0. The molecule has 2 heteroatoms. The quantitative estimate of drug-likeness (QED) is 0.211. The predicted octanol–water partition coefficient (Wildman–Crippen LogP) is 7.06. The van der Waals surface area contributed by atoms with Crippen LogP contribution in [-0.2, 0) is 9.53 Å². The van der Waals surface area contributed by atoms with Crippen LogP contribution in [0.15, 0.2) is 0 Å². The smallest absolute Gasteiger partial charge is 0.305 e. The van der Waals surface area contributed by atoms with Crippen molar-refractivity contribution in [2.45, 2.75) is 117 Å². The van der Waals surface area contributed by atoms with E-state index in [1.165, 1.54) is 70.6 Å². The molecular weight excluding hydrogens is 284 g/mol. The summed E-state index contributed by atoms with van der Waals surface area (Å²) in [6.45, 7) is 7.43. The molecule has 0 aliphatic rings. The van der Waals surface area contributed by atoms with E-state index in [1.807, 2.05) is 0 Å². The van der Waals surface area contributed by atoms with Crippen molar-refractivity contribution in [2.24, 2.45) is 5.92 Å². The molecule has 0 bridgehead atoms. The first kappa shape index (κ1) is 22.5. The third kappa shape index (κ3) is 19.4. The van der Waals surface area contributed by atoms with Crippen LogP contribution in [0.5, 0.6) is 0 Å². The Hall–Kier alpha value is -0.530. The Balaban J connectivity index is 3.11. The van der Waals surface area contributed by atoms with Crippen LogP contribution in [0.2, 0.25) is 0 Å². The second kappa shape index (κ2) is 17.8. The molecular formula is C21H42O2. The predicted molar refractivity (Wildman–Crippen MR) is 101 cm³/mol. The van der Waals surface area contributed by atoms with E-state index in [2.05, 4.69) is 20.8 Å². The van der Waals surface area contributed by atoms with E-state index in [9.17, 15) is 4.79 Å². The fourth-order valence-corrected chi connectivity index (χ4v) is 2.85. The van der Waals surface area contributed by atoms with Gasteiger partial charge in [0.25, 0.3) is 0 Å². The molecule has 23 heavy (non-hydrogen) atoms. The lowest BCUT2D eigenvalue weighted by Crippen LogP contribution is -2.05. The highest BCUT2D eigenvalue weighted by molar-refractivity contribution is 5.69. The van der Waals surface area contributed by atoms with Crippen LogP contribution in [0.25, 0.3) is 0 Å². The van der Waals surface area contributed by atoms with Crippen molar-refractivity contribution >= 4 is 5.97 Å². The van der Waals surface area contributed by atoms with Crippen molar-refractivity contribution in [3.63, 3.8) is 0 Å². The molecule has 0 unspecified atom stereocenters. The van der Waals surface area contributed by atoms with E-state index < -0.39 is 0 Å². The van der Waals surface area contributed by atoms with Crippen LogP contribution in [0.3, 0.4) is 0 Å². The van der Waals surface area contributed by atoms with Gasteiger partial charge in [-0.05, 0) is 18.8 Å². The number of esters is 1. The lowest BCUT2D eigenvalue weighted by Gasteiger charge is -2.06. The number of carbonyl (C=O) groups excluding carboxylic acids is 1. The summed E-state index contributed by atoms with van der Waals surface area (Å²) in [5, 5.41) is 0. The van der Waals surface area contributed by atoms with Crippen molar-refractivity contribution in [3.8, 4) is 0 Å². The Morgan fingerprint density at radius 1 is 0.739 bits per heavy atom. The molecule has 0 spiro atoms. The lowest BCUT2D eigenvalue weighted by atomic mass is 10.0. The first-order valence-electron chi connectivity index (χ1n) is 10.3. The van der Waals surface area contributed by atoms with Gasteiger partial charge in [0.2, 0.25) is 0 Å². The summed E-state index contributed by atoms with van der Waals surface area (Å²) < 4.78 is 5.27. The Morgan fingerprint density at radius 2 is 1.26 bits per heavy atom. The maximum Gasteiger partial charge on any atom is 0.305 e. The van der Waals surface area contributed by atoms with Crippen LogP contribution in [0.4, 0.5) is 0 Å². The van der Waals surface area contributed by atoms with Gasteiger partial charge in [0.15, 0.2) is 0 Å². The maximum absolute atomic E-state index is 11.5. The second-order valence-electron chi connectivity index (χ2n) is 7.40. The summed E-state index contributed by atoms with van der Waals surface area (Å²) in [7, 11) is 0. The standard InChI is InChI=1S/C21H42O2/c1-4-5-6-15-18-21(22)23-19-16-13-11-9-7-8-10-12-14-17-20(2)3/h20H,4-19H2,1-3H3. The van der Waals surface area contributed by atoms with Gasteiger partial charge >= 0.3 is 5.97 Å². The van der Waals surface area contributed by atoms with Crippen LogP contribution in [0.1, 0.15) is 117 Å². The van der Waals surface area contributed by atoms with Crippen LogP contribution < -0.4 is 0 Å². The molecule has 0 aromatic rings. The van der Waals surface area contributed by atoms with Crippen LogP contribution in [0, 0.1) is 5.92 Å². The molecule has 0 atom stereocenters. The minimum Gasteiger partial charge on any atom is -0.466 e. The molecule has 0 aliphatic heterocycles. The number of ether oxygens (including phenoxy) is 1. The maximum atomic E-state index is 11.5. The summed E-state index contributed by atoms with van der Waals surface area (Å²) in [5.41, 5.74) is 0. The van der Waals surface area contributed by atoms with Crippen LogP contribution in [-0.4, -0.2) is 12.6 Å². The van der Waals surface area contributed by atoms with E-state index in [0.717, 1.165) is 25.2 Å². The average molecular weight is 327 g/mol. The molecule has 0 aromatic heterocycles. The van der Waals surface area contributed by atoms with Gasteiger partial charge in [0.05, 0.1) is 6.61 Å². The fraction of sp³-hybridized carbons (Fsp3) is 0.952. The lowest BCUT2D eigenvalue weighted by molar-refractivity contribution is -0.143. The highest BCUT2D eigenvalue weighted by Gasteiger charge is 2.02. The largest absolute Gasteiger partial charge is 0.466 e. The van der Waals surface area contributed by atoms with Gasteiger partial charge in [-0.15, -0.1) is 0 Å². The number of unbranched alkanes of at least 4 members (excludes halogenated alkanes) is 11. The monoisotopic (exact) mass is 326 g/mol. The molecule has 0 saturated heterocycles. The minimum absolute atomic E-state index is 0.00232. The summed E-state index contributed by atoms with van der Waals surface area (Å²) in [5.74, 6) is 0.864. The van der Waals surface area contributed by atoms with Gasteiger partial charge in [-0.25, -0.2) is 0 Å². The highest BCUT2D eigenvalue weighted by Crippen LogP contribution is 2.13. The fourth-order valence-electron chi connectivity index (χ4n) is 2.85. The first-order chi connectivity index (χ1) is 11.2. The first-order valence-corrected chi connectivity index (χ1v) is 10.3. The van der Waals surface area contributed by atoms with Gasteiger partial charge in [-0.2, -0.15) is 0 Å². The topological polar surface area (TPSA) is 26.3 Å². The number of hydrogen-bond acceptors (Lipinski definition) is 2. The van der Waals surface area contributed by atoms with E-state index >= 15 is 0 Å². The normalized spacial score (nSPS) is 11.1. The molecule has 0 saturated carbocycles. The van der Waals surface area contributed by atoms with Gasteiger partial charge in [0, 0.05) is 6.42 Å². The molecule has 0 fully saturated rings. The zero-order chi connectivity index (χ0) is 17.2. The molecule has 0 amide bonds. The second-order valence-corrected chi connectivity index (χ2v) is 7.40. The number of carbonyl (C=O) groups is 1. The van der Waals surface area contributed by atoms with Gasteiger partial charge < -0.3 is 4.74 Å². The zero-order valence-corrected chi connectivity index (χ0v) is 16.2. The summed E-state index contributed by atoms with van der Waals surface area (Å²) in [6.07, 6.45) is 18.4. The van der Waals surface area contributed by atoms with E-state index in [-0.39, 0.29) is 5.97 Å². The molecule has 0 radical (unpaired) electrons. The average Bonchev–Trinajstić information content (AvgIpc) is 2.52. The molecule has 0 aliphatic carbocycles. The Kier molecular flexibility index (Phi) is 17.4. The molecule has 2 nitrogen and oxygen atoms in total. The summed E-state index contributed by atoms with van der Waals surface area (Å²) >= 11 is 0.